The number of esters is 1. The smallest absolute Gasteiger partial charge is 0.395 e. The molecule has 0 aliphatic rings. The molecule has 0 bridgehead atoms. The minimum absolute atomic E-state index is 0.0959. The van der Waals surface area contributed by atoms with E-state index in [4.69, 9.17) is 17.7 Å². The number of aliphatic hydroxyl groups is 1. The van der Waals surface area contributed by atoms with Crippen LogP contribution >= 0.6 is 0 Å². The van der Waals surface area contributed by atoms with Gasteiger partial charge in [0, 0.05) is 18.7 Å². The maximum Gasteiger partial charge on any atom is 0.395 e. The van der Waals surface area contributed by atoms with Crippen molar-refractivity contribution in [2.75, 3.05) is 19.8 Å². The zero-order chi connectivity index (χ0) is 20.6. The van der Waals surface area contributed by atoms with Crippen molar-refractivity contribution in [3.8, 4) is 0 Å². The van der Waals surface area contributed by atoms with Crippen molar-refractivity contribution < 1.29 is 27.6 Å². The molecular formula is C17H37O6Si3+. The first kappa shape index (κ1) is 25.6. The lowest BCUT2D eigenvalue weighted by Gasteiger charge is -2.36. The Labute approximate surface area is 162 Å². The molecule has 0 aromatic carbocycles. The number of carbonyl (C=O) groups excluding carboxylic acids is 1. The lowest BCUT2D eigenvalue weighted by molar-refractivity contribution is -0.143. The summed E-state index contributed by atoms with van der Waals surface area (Å²) in [7, 11) is -5.95. The first-order valence-corrected chi connectivity index (χ1v) is 18.0. The summed E-state index contributed by atoms with van der Waals surface area (Å²) >= 11 is 0. The van der Waals surface area contributed by atoms with Gasteiger partial charge in [-0.3, -0.25) is 0 Å². The summed E-state index contributed by atoms with van der Waals surface area (Å²) in [5, 5.41) is 9.77. The van der Waals surface area contributed by atoms with E-state index in [-0.39, 0.29) is 13.2 Å². The Balaban J connectivity index is 4.26. The molecule has 2 unspecified atom stereocenters. The van der Waals surface area contributed by atoms with Crippen LogP contribution in [0.2, 0.25) is 45.3 Å². The second kappa shape index (κ2) is 10.8. The van der Waals surface area contributed by atoms with Crippen LogP contribution in [0.25, 0.3) is 0 Å². The van der Waals surface area contributed by atoms with Gasteiger partial charge in [0.2, 0.25) is 0 Å². The first-order valence-electron chi connectivity index (χ1n) is 8.98. The summed E-state index contributed by atoms with van der Waals surface area (Å²) in [6, 6.07) is 0.823. The molecule has 0 aromatic heterocycles. The quantitative estimate of drug-likeness (QED) is 0.161. The van der Waals surface area contributed by atoms with E-state index in [2.05, 4.69) is 52.4 Å². The average Bonchev–Trinajstić information content (AvgIpc) is 2.39. The van der Waals surface area contributed by atoms with Gasteiger partial charge in [-0.1, -0.05) is 6.58 Å². The third kappa shape index (κ3) is 13.7. The fourth-order valence-electron chi connectivity index (χ4n) is 2.41. The molecule has 0 rings (SSSR count). The minimum atomic E-state index is -2.30. The highest BCUT2D eigenvalue weighted by Gasteiger charge is 2.43. The summed E-state index contributed by atoms with van der Waals surface area (Å²) in [6.07, 6.45) is -0.0572. The average molecular weight is 422 g/mol. The lowest BCUT2D eigenvalue weighted by atomic mass is 10.3. The van der Waals surface area contributed by atoms with Gasteiger partial charge in [-0.25, -0.2) is 4.79 Å². The number of ether oxygens (including phenoxy) is 2. The van der Waals surface area contributed by atoms with Gasteiger partial charge in [0.15, 0.2) is 8.32 Å². The van der Waals surface area contributed by atoms with Crippen LogP contribution in [-0.2, 0) is 22.5 Å². The highest BCUT2D eigenvalue weighted by molar-refractivity contribution is 6.88. The molecule has 0 radical (unpaired) electrons. The van der Waals surface area contributed by atoms with Crippen molar-refractivity contribution in [1.82, 2.24) is 0 Å². The minimum Gasteiger partial charge on any atom is -0.460 e. The van der Waals surface area contributed by atoms with E-state index >= 15 is 0 Å². The Bertz CT molecular complexity index is 440. The molecule has 152 valence electrons. The van der Waals surface area contributed by atoms with Crippen LogP contribution in [0.15, 0.2) is 12.2 Å². The van der Waals surface area contributed by atoms with Crippen LogP contribution in [-0.4, -0.2) is 62.2 Å². The molecule has 0 spiro atoms. The van der Waals surface area contributed by atoms with Crippen molar-refractivity contribution in [2.45, 2.75) is 64.8 Å². The highest BCUT2D eigenvalue weighted by Crippen LogP contribution is 2.25. The standard InChI is InChI=1S/C17H37O6Si3/c1-15(2)17(19)21-14-16(18)13-20-11-10-12-26(9,22-24(3,4)5)23-25(6,7)8/h16,18H,1,3,10-14H2,2,4-9H3/q+1. The Kier molecular flexibility index (Phi) is 10.6. The topological polar surface area (TPSA) is 74.2 Å². The Morgan fingerprint density at radius 1 is 1.12 bits per heavy atom. The van der Waals surface area contributed by atoms with Gasteiger partial charge in [-0.05, 0) is 58.7 Å². The van der Waals surface area contributed by atoms with E-state index in [0.717, 1.165) is 12.5 Å². The van der Waals surface area contributed by atoms with Gasteiger partial charge in [0.1, 0.15) is 12.7 Å². The third-order valence-electron chi connectivity index (χ3n) is 3.00. The fourth-order valence-corrected chi connectivity index (χ4v) is 14.4. The molecule has 2 atom stereocenters. The van der Waals surface area contributed by atoms with Crippen LogP contribution in [0.3, 0.4) is 0 Å². The highest BCUT2D eigenvalue weighted by atomic mass is 28.5. The van der Waals surface area contributed by atoms with Crippen LogP contribution < -0.4 is 0 Å². The maximum absolute atomic E-state index is 11.3. The first-order chi connectivity index (χ1) is 11.6. The van der Waals surface area contributed by atoms with E-state index in [9.17, 15) is 9.90 Å². The van der Waals surface area contributed by atoms with Gasteiger partial charge in [0.05, 0.1) is 6.61 Å². The molecule has 0 amide bonds. The largest absolute Gasteiger partial charge is 0.460 e. The van der Waals surface area contributed by atoms with E-state index in [1.165, 1.54) is 0 Å². The van der Waals surface area contributed by atoms with Crippen molar-refractivity contribution >= 4 is 31.2 Å². The van der Waals surface area contributed by atoms with Crippen molar-refractivity contribution in [2.24, 2.45) is 0 Å². The molecular weight excluding hydrogens is 384 g/mol. The molecule has 0 saturated carbocycles. The molecule has 0 fully saturated rings. The Morgan fingerprint density at radius 2 is 1.69 bits per heavy atom. The van der Waals surface area contributed by atoms with E-state index in [1.807, 2.05) is 0 Å². The normalized spacial score (nSPS) is 16.0. The molecule has 0 aliphatic carbocycles. The Morgan fingerprint density at radius 3 is 2.15 bits per heavy atom. The van der Waals surface area contributed by atoms with Gasteiger partial charge < -0.3 is 22.8 Å². The number of carbonyl (C=O) groups is 1. The van der Waals surface area contributed by atoms with Crippen LogP contribution in [0.1, 0.15) is 13.3 Å². The fraction of sp³-hybridized carbons (Fsp3) is 0.765. The number of aliphatic hydroxyl groups excluding tert-OH is 1. The number of hydrogen-bond donors (Lipinski definition) is 1. The van der Waals surface area contributed by atoms with Gasteiger partial charge in [-0.15, -0.1) is 0 Å². The number of rotatable bonds is 13. The van der Waals surface area contributed by atoms with Crippen LogP contribution in [0.5, 0.6) is 0 Å². The Hall–Kier alpha value is -0.429. The van der Waals surface area contributed by atoms with E-state index in [0.29, 0.717) is 12.2 Å². The molecule has 0 heterocycles. The van der Waals surface area contributed by atoms with Gasteiger partial charge in [-0.2, -0.15) is 0 Å². The predicted molar refractivity (Wildman–Crippen MR) is 112 cm³/mol. The number of hydrogen-bond acceptors (Lipinski definition) is 6. The summed E-state index contributed by atoms with van der Waals surface area (Å²) in [5.41, 5.74) is 0.307. The van der Waals surface area contributed by atoms with Crippen LogP contribution in [0, 0.1) is 6.55 Å². The SMILES string of the molecule is C=C(C)C(=O)OCC(O)COCCC[Si](C)(O[Si]([CH2+])(C)C)O[Si](C)(C)C. The lowest BCUT2D eigenvalue weighted by Crippen LogP contribution is -2.52. The van der Waals surface area contributed by atoms with Crippen molar-refractivity contribution in [1.29, 1.82) is 0 Å². The van der Waals surface area contributed by atoms with Crippen molar-refractivity contribution in [3.05, 3.63) is 18.7 Å². The second-order valence-electron chi connectivity index (χ2n) is 8.42. The van der Waals surface area contributed by atoms with E-state index < -0.39 is 37.3 Å². The summed E-state index contributed by atoms with van der Waals surface area (Å²) in [6.45, 7) is 22.5. The third-order valence-corrected chi connectivity index (χ3v) is 12.4. The van der Waals surface area contributed by atoms with Gasteiger partial charge >= 0.3 is 22.8 Å². The summed E-state index contributed by atoms with van der Waals surface area (Å²) in [5.74, 6) is -0.508. The second-order valence-corrected chi connectivity index (χ2v) is 20.6. The molecule has 6 nitrogen and oxygen atoms in total. The molecule has 9 heteroatoms. The molecule has 1 N–H and O–H groups in total. The van der Waals surface area contributed by atoms with E-state index in [1.54, 1.807) is 6.92 Å². The monoisotopic (exact) mass is 421 g/mol. The molecule has 0 saturated heterocycles. The predicted octanol–water partition coefficient (Wildman–Crippen LogP) is 3.39. The molecule has 26 heavy (non-hydrogen) atoms. The zero-order valence-corrected chi connectivity index (χ0v) is 20.5. The van der Waals surface area contributed by atoms with Crippen molar-refractivity contribution in [3.63, 3.8) is 0 Å². The maximum atomic E-state index is 11.3. The molecule has 0 aliphatic heterocycles. The van der Waals surface area contributed by atoms with Crippen LogP contribution in [0.4, 0.5) is 0 Å². The summed E-state index contributed by atoms with van der Waals surface area (Å²) < 4.78 is 23.1. The summed E-state index contributed by atoms with van der Waals surface area (Å²) in [4.78, 5) is 11.3. The molecule has 0 aromatic rings. The zero-order valence-electron chi connectivity index (χ0n) is 17.5. The van der Waals surface area contributed by atoms with Gasteiger partial charge in [0.25, 0.3) is 0 Å².